The van der Waals surface area contributed by atoms with E-state index in [1.54, 1.807) is 17.4 Å². The molecule has 2 aromatic carbocycles. The Bertz CT molecular complexity index is 1600. The van der Waals surface area contributed by atoms with Gasteiger partial charge in [0.25, 0.3) is 5.91 Å². The monoisotopic (exact) mass is 687 g/mol. The van der Waals surface area contributed by atoms with Gasteiger partial charge in [-0.1, -0.05) is 29.8 Å². The number of aliphatic hydroxyl groups is 1. The Morgan fingerprint density at radius 3 is 2.58 bits per heavy atom. The average molecular weight is 688 g/mol. The second kappa shape index (κ2) is 14.1. The molecule has 1 spiro atoms. The van der Waals surface area contributed by atoms with E-state index in [0.717, 1.165) is 37.4 Å². The number of aliphatic hydroxyl groups excluding tert-OH is 1. The molecule has 6 rings (SSSR count). The lowest BCUT2D eigenvalue weighted by Crippen LogP contribution is -2.46. The number of carbonyl (C=O) groups excluding carboxylic acids is 2. The smallest absolute Gasteiger partial charge is 0.397 e. The van der Waals surface area contributed by atoms with Crippen LogP contribution in [0.4, 0.5) is 24.5 Å². The molecule has 9 nitrogen and oxygen atoms in total. The number of anilines is 2. The van der Waals surface area contributed by atoms with Crippen molar-refractivity contribution >= 4 is 34.8 Å². The summed E-state index contributed by atoms with van der Waals surface area (Å²) in [5, 5.41) is 13.8. The van der Waals surface area contributed by atoms with Gasteiger partial charge in [0.15, 0.2) is 6.29 Å². The largest absolute Gasteiger partial charge is 0.418 e. The van der Waals surface area contributed by atoms with Gasteiger partial charge >= 0.3 is 6.18 Å². The van der Waals surface area contributed by atoms with Crippen LogP contribution < -0.4 is 11.1 Å². The third-order valence-corrected chi connectivity index (χ3v) is 10.7. The van der Waals surface area contributed by atoms with Gasteiger partial charge in [0, 0.05) is 55.5 Å². The average Bonchev–Trinajstić information content (AvgIpc) is 3.60. The molecule has 4 N–H and O–H groups in total. The summed E-state index contributed by atoms with van der Waals surface area (Å²) in [5.74, 6) is -0.0662. The van der Waals surface area contributed by atoms with E-state index < -0.39 is 35.7 Å². The number of halogens is 4. The molecule has 0 bridgehead atoms. The van der Waals surface area contributed by atoms with Crippen LogP contribution in [0, 0.1) is 5.92 Å². The van der Waals surface area contributed by atoms with Crippen LogP contribution in [-0.2, 0) is 32.3 Å². The molecule has 258 valence electrons. The highest BCUT2D eigenvalue weighted by molar-refractivity contribution is 6.33. The van der Waals surface area contributed by atoms with Crippen molar-refractivity contribution in [2.75, 3.05) is 24.1 Å². The van der Waals surface area contributed by atoms with E-state index in [-0.39, 0.29) is 40.8 Å². The number of para-hydroxylation sites is 1. The zero-order chi connectivity index (χ0) is 34.1. The number of alkyl halides is 3. The number of likely N-dealkylation sites (tertiary alicyclic amines) is 1. The number of nitrogen functional groups attached to an aromatic ring is 1. The van der Waals surface area contributed by atoms with E-state index in [0.29, 0.717) is 44.7 Å². The number of nitrogens with zero attached hydrogens (tertiary/aromatic N) is 3. The van der Waals surface area contributed by atoms with Gasteiger partial charge in [0.1, 0.15) is 6.10 Å². The van der Waals surface area contributed by atoms with Crippen LogP contribution in [0.25, 0.3) is 0 Å². The third-order valence-electron chi connectivity index (χ3n) is 10.4. The molecular weight excluding hydrogens is 647 g/mol. The first-order chi connectivity index (χ1) is 22.9. The zero-order valence-corrected chi connectivity index (χ0v) is 27.3. The SMILES string of the molecule is Nc1c(Cl)cc(C[C@@H](OC(O)CCC2CCC3(CC2)CC(=O)Nc2ccccc23)C(=O)N2CCC(n3ccnc3)CC2)cc1C(F)(F)F. The van der Waals surface area contributed by atoms with E-state index in [2.05, 4.69) is 16.4 Å². The van der Waals surface area contributed by atoms with Gasteiger partial charge in [-0.25, -0.2) is 4.98 Å². The Kier molecular flexibility index (Phi) is 10.1. The number of benzene rings is 2. The van der Waals surface area contributed by atoms with Crippen LogP contribution in [0.2, 0.25) is 5.02 Å². The Morgan fingerprint density at radius 1 is 1.17 bits per heavy atom. The number of rotatable bonds is 9. The molecule has 1 saturated carbocycles. The van der Waals surface area contributed by atoms with Gasteiger partial charge in [0.05, 0.1) is 22.6 Å². The Hall–Kier alpha value is -3.61. The summed E-state index contributed by atoms with van der Waals surface area (Å²) in [6, 6.07) is 10.3. The molecule has 2 amide bonds. The molecule has 3 aliphatic rings. The molecule has 1 aliphatic carbocycles. The van der Waals surface area contributed by atoms with Gasteiger partial charge in [-0.3, -0.25) is 9.59 Å². The van der Waals surface area contributed by atoms with Crippen molar-refractivity contribution in [2.24, 2.45) is 5.92 Å². The number of fused-ring (bicyclic) bond motifs is 2. The fraction of sp³-hybridized carbons (Fsp3) is 0.514. The van der Waals surface area contributed by atoms with E-state index in [1.165, 1.54) is 11.6 Å². The fourth-order valence-corrected chi connectivity index (χ4v) is 8.00. The third kappa shape index (κ3) is 7.50. The number of imidazole rings is 1. The number of nitrogens with one attached hydrogen (secondary N) is 1. The minimum absolute atomic E-state index is 0.0300. The summed E-state index contributed by atoms with van der Waals surface area (Å²) in [5.41, 5.74) is 5.98. The van der Waals surface area contributed by atoms with Crippen LogP contribution in [0.1, 0.15) is 80.5 Å². The summed E-state index contributed by atoms with van der Waals surface area (Å²) < 4.78 is 49.2. The maximum absolute atomic E-state index is 13.8. The standard InChI is InChI=1S/C35H41ClF3N5O4/c36-27-18-23(17-26(32(27)40)35(37,38)39)19-29(33(47)43-14-9-24(10-15-43)44-16-13-41-21-44)48-31(46)6-5-22-7-11-34(12-8-22)20-30(45)42-28-4-2-1-3-25(28)34/h1-4,13,16-18,21-22,24,29,31,46H,5-12,14-15,19-20,40H2,(H,42,45)/t22?,29-,31?,34?/m1/s1. The summed E-state index contributed by atoms with van der Waals surface area (Å²) in [7, 11) is 0. The first kappa shape index (κ1) is 34.3. The van der Waals surface area contributed by atoms with Crippen molar-refractivity contribution in [2.45, 2.75) is 94.2 Å². The summed E-state index contributed by atoms with van der Waals surface area (Å²) in [6.45, 7) is 0.859. The molecule has 48 heavy (non-hydrogen) atoms. The molecule has 1 unspecified atom stereocenters. The summed E-state index contributed by atoms with van der Waals surface area (Å²) in [4.78, 5) is 32.1. The zero-order valence-electron chi connectivity index (χ0n) is 26.6. The van der Waals surface area contributed by atoms with Crippen molar-refractivity contribution in [3.63, 3.8) is 0 Å². The van der Waals surface area contributed by atoms with E-state index in [9.17, 15) is 27.9 Å². The number of aromatic nitrogens is 2. The highest BCUT2D eigenvalue weighted by Gasteiger charge is 2.43. The van der Waals surface area contributed by atoms with Crippen LogP contribution in [0.3, 0.4) is 0 Å². The number of piperidine rings is 1. The number of hydrogen-bond acceptors (Lipinski definition) is 6. The quantitative estimate of drug-likeness (QED) is 0.174. The molecule has 2 atom stereocenters. The highest BCUT2D eigenvalue weighted by Crippen LogP contribution is 2.49. The van der Waals surface area contributed by atoms with E-state index >= 15 is 0 Å². The number of carbonyl (C=O) groups is 2. The maximum atomic E-state index is 13.8. The van der Waals surface area contributed by atoms with Gasteiger partial charge in [-0.05, 0) is 86.6 Å². The van der Waals surface area contributed by atoms with Crippen molar-refractivity contribution in [1.29, 1.82) is 0 Å². The van der Waals surface area contributed by atoms with E-state index in [4.69, 9.17) is 22.1 Å². The number of nitrogens with two attached hydrogens (primary N) is 1. The molecule has 1 saturated heterocycles. The van der Waals surface area contributed by atoms with Crippen molar-refractivity contribution in [3.8, 4) is 0 Å². The number of amides is 2. The molecule has 0 radical (unpaired) electrons. The first-order valence-electron chi connectivity index (χ1n) is 16.6. The Morgan fingerprint density at radius 2 is 1.90 bits per heavy atom. The predicted molar refractivity (Wildman–Crippen MR) is 175 cm³/mol. The molecule has 2 fully saturated rings. The van der Waals surface area contributed by atoms with E-state index in [1.807, 2.05) is 29.0 Å². The molecule has 3 heterocycles. The number of hydrogen-bond donors (Lipinski definition) is 3. The molecule has 2 aliphatic heterocycles. The lowest BCUT2D eigenvalue weighted by atomic mass is 9.63. The Balaban J connectivity index is 1.11. The number of ether oxygens (including phenoxy) is 1. The van der Waals surface area contributed by atoms with Gasteiger partial charge < -0.3 is 30.4 Å². The van der Waals surface area contributed by atoms with Crippen LogP contribution >= 0.6 is 11.6 Å². The minimum atomic E-state index is -4.74. The molecule has 13 heteroatoms. The fourth-order valence-electron chi connectivity index (χ4n) is 7.76. The van der Waals surface area contributed by atoms with Crippen LogP contribution in [-0.4, -0.2) is 56.9 Å². The lowest BCUT2D eigenvalue weighted by molar-refractivity contribution is -0.172. The predicted octanol–water partition coefficient (Wildman–Crippen LogP) is 6.50. The van der Waals surface area contributed by atoms with Crippen molar-refractivity contribution < 1.29 is 32.6 Å². The molecular formula is C35H41ClF3N5O4. The maximum Gasteiger partial charge on any atom is 0.418 e. The van der Waals surface area contributed by atoms with Crippen LogP contribution in [0.5, 0.6) is 0 Å². The minimum Gasteiger partial charge on any atom is -0.397 e. The summed E-state index contributed by atoms with van der Waals surface area (Å²) >= 11 is 6.09. The first-order valence-corrected chi connectivity index (χ1v) is 16.9. The molecule has 3 aromatic rings. The lowest BCUT2D eigenvalue weighted by Gasteiger charge is -2.44. The second-order valence-corrected chi connectivity index (χ2v) is 13.9. The van der Waals surface area contributed by atoms with Gasteiger partial charge in [-0.2, -0.15) is 13.2 Å². The topological polar surface area (TPSA) is 123 Å². The Labute approximate surface area is 282 Å². The van der Waals surface area contributed by atoms with Gasteiger partial charge in [-0.15, -0.1) is 0 Å². The molecule has 1 aromatic heterocycles. The van der Waals surface area contributed by atoms with Gasteiger partial charge in [0.2, 0.25) is 5.91 Å². The second-order valence-electron chi connectivity index (χ2n) is 13.5. The normalized spacial score (nSPS) is 23.1. The van der Waals surface area contributed by atoms with Crippen LogP contribution in [0.15, 0.2) is 55.1 Å². The van der Waals surface area contributed by atoms with Crippen molar-refractivity contribution in [1.82, 2.24) is 14.5 Å². The van der Waals surface area contributed by atoms with Crippen molar-refractivity contribution in [3.05, 3.63) is 76.8 Å². The summed E-state index contributed by atoms with van der Waals surface area (Å²) in [6.07, 6.45) is 4.05. The highest BCUT2D eigenvalue weighted by atomic mass is 35.5.